The minimum atomic E-state index is -0.707. The number of methoxy groups -OCH3 is 1. The van der Waals surface area contributed by atoms with Gasteiger partial charge in [-0.15, -0.1) is 0 Å². The number of ether oxygens (including phenoxy) is 1. The minimum absolute atomic E-state index is 0.0222. The summed E-state index contributed by atoms with van der Waals surface area (Å²) in [6.07, 6.45) is 8.18. The molecule has 0 aromatic carbocycles. The molecule has 1 saturated heterocycles. The van der Waals surface area contributed by atoms with Crippen LogP contribution in [0.2, 0.25) is 0 Å². The van der Waals surface area contributed by atoms with Crippen LogP contribution in [0.4, 0.5) is 0 Å². The molecule has 1 heterocycles. The van der Waals surface area contributed by atoms with E-state index in [1.165, 1.54) is 32.1 Å². The number of nitrogens with two attached hydrogens (primary N) is 2. The molecule has 248 valence electrons. The molecular weight excluding hydrogens is 542 g/mol. The monoisotopic (exact) mass is 605 g/mol. The van der Waals surface area contributed by atoms with Crippen LogP contribution in [-0.2, 0) is 14.4 Å². The number of carbonyl (C=O) groups is 1. The number of hydrogen-bond donors (Lipinski definition) is 4. The van der Waals surface area contributed by atoms with Crippen LogP contribution in [-0.4, -0.2) is 98.3 Å². The van der Waals surface area contributed by atoms with Crippen molar-refractivity contribution in [3.63, 3.8) is 0 Å². The number of fused-ring (bicyclic) bond motifs is 2. The highest BCUT2D eigenvalue weighted by Gasteiger charge is 2.57. The van der Waals surface area contributed by atoms with Crippen molar-refractivity contribution in [3.05, 3.63) is 0 Å². The first-order chi connectivity index (χ1) is 20.4. The third-order valence-electron chi connectivity index (χ3n) is 13.3. The molecule has 9 nitrogen and oxygen atoms in total. The fourth-order valence-corrected chi connectivity index (χ4v) is 10.6. The van der Waals surface area contributed by atoms with Crippen LogP contribution in [0, 0.1) is 52.8 Å². The molecule has 14 atom stereocenters. The van der Waals surface area contributed by atoms with Crippen LogP contribution < -0.4 is 16.8 Å². The molecule has 5 aliphatic carbocycles. The number of rotatable bonds is 10. The first-order valence-electron chi connectivity index (χ1n) is 17.4. The maximum atomic E-state index is 14.2. The highest BCUT2D eigenvalue weighted by Crippen LogP contribution is 2.61. The molecule has 2 bridgehead atoms. The van der Waals surface area contributed by atoms with Crippen molar-refractivity contribution in [1.29, 1.82) is 0 Å². The molecule has 7 unspecified atom stereocenters. The van der Waals surface area contributed by atoms with Gasteiger partial charge in [-0.1, -0.05) is 27.2 Å². The van der Waals surface area contributed by atoms with E-state index in [-0.39, 0.29) is 36.4 Å². The highest BCUT2D eigenvalue weighted by atomic mass is 16.7. The van der Waals surface area contributed by atoms with Gasteiger partial charge >= 0.3 is 0 Å². The van der Waals surface area contributed by atoms with Crippen LogP contribution in [0.3, 0.4) is 0 Å². The molecule has 9 heteroatoms. The maximum absolute atomic E-state index is 14.2. The summed E-state index contributed by atoms with van der Waals surface area (Å²) in [6, 6.07) is 0.144. The third-order valence-corrected chi connectivity index (χ3v) is 13.3. The summed E-state index contributed by atoms with van der Waals surface area (Å²) < 4.78 is 6.34. The summed E-state index contributed by atoms with van der Waals surface area (Å²) in [6.45, 7) is 10.5. The molecule has 6 fully saturated rings. The Balaban J connectivity index is 1.32. The van der Waals surface area contributed by atoms with E-state index in [1.54, 1.807) is 6.92 Å². The zero-order valence-corrected chi connectivity index (χ0v) is 28.1. The van der Waals surface area contributed by atoms with Crippen LogP contribution in [0.15, 0.2) is 0 Å². The average molecular weight is 606 g/mol. The fourth-order valence-electron chi connectivity index (χ4n) is 10.6. The van der Waals surface area contributed by atoms with E-state index in [0.29, 0.717) is 53.5 Å². The van der Waals surface area contributed by atoms with Gasteiger partial charge in [0, 0.05) is 44.1 Å². The Bertz CT molecular complexity index is 948. The summed E-state index contributed by atoms with van der Waals surface area (Å²) >= 11 is 0. The van der Waals surface area contributed by atoms with Gasteiger partial charge in [0.2, 0.25) is 5.91 Å². The zero-order valence-electron chi connectivity index (χ0n) is 28.1. The molecule has 6 aliphatic rings. The van der Waals surface area contributed by atoms with E-state index in [1.807, 2.05) is 12.2 Å². The molecule has 1 amide bonds. The second-order valence-electron chi connectivity index (χ2n) is 16.1. The van der Waals surface area contributed by atoms with Gasteiger partial charge in [-0.2, -0.15) is 5.06 Å². The Hall–Kier alpha value is -0.810. The third kappa shape index (κ3) is 6.43. The minimum Gasteiger partial charge on any atom is -0.393 e. The lowest BCUT2D eigenvalue weighted by Gasteiger charge is -2.62. The van der Waals surface area contributed by atoms with Crippen molar-refractivity contribution in [2.45, 2.75) is 115 Å². The van der Waals surface area contributed by atoms with E-state index in [9.17, 15) is 9.90 Å². The van der Waals surface area contributed by atoms with Gasteiger partial charge in [0.25, 0.3) is 0 Å². The standard InChI is InChI=1S/C34H63N5O4/c1-19-27-14-24(34(27,3)4)15-28(19)37-33(41)31-30(20(2)40)29(17-36)43-39(31)18-22-9-8-10-26(32(22)42-7)23-11-21(16-35)12-25(13-23)38(5)6/h19-32,40H,8-18,35-36H2,1-7H3,(H,37,41)/t19-,20?,21?,22?,23?,24+,25?,26?,27-,28-,29-,30-,31-,32?/m0/s1. The Morgan fingerprint density at radius 1 is 1.14 bits per heavy atom. The van der Waals surface area contributed by atoms with Crippen molar-refractivity contribution in [1.82, 2.24) is 15.3 Å². The number of aliphatic hydroxyl groups excluding tert-OH is 1. The quantitative estimate of drug-likeness (QED) is 0.300. The second kappa shape index (κ2) is 13.5. The molecule has 43 heavy (non-hydrogen) atoms. The SMILES string of the molecule is COC1C(CN2O[C@@H](CN)[C@H](C(C)O)[C@H]2C(=O)N[C@H]2C[C@H]3C[C@@H]([C@@H]2C)C3(C)C)CCCC1C1CC(CN)CC(N(C)C)C1. The molecule has 1 aliphatic heterocycles. The number of amides is 1. The van der Waals surface area contributed by atoms with Crippen LogP contribution >= 0.6 is 0 Å². The molecule has 6 N–H and O–H groups in total. The fraction of sp³-hybridized carbons (Fsp3) is 0.971. The number of carbonyl (C=O) groups excluding carboxylic acids is 1. The number of nitrogens with zero attached hydrogens (tertiary/aromatic N) is 2. The van der Waals surface area contributed by atoms with Gasteiger partial charge in [-0.05, 0) is 113 Å². The first-order valence-corrected chi connectivity index (χ1v) is 17.4. The Morgan fingerprint density at radius 3 is 2.47 bits per heavy atom. The van der Waals surface area contributed by atoms with Gasteiger partial charge in [0.15, 0.2) is 0 Å². The molecule has 0 spiro atoms. The summed E-state index contributed by atoms with van der Waals surface area (Å²) in [7, 11) is 6.24. The van der Waals surface area contributed by atoms with E-state index in [2.05, 4.69) is 45.1 Å². The van der Waals surface area contributed by atoms with Crippen molar-refractivity contribution in [2.75, 3.05) is 40.8 Å². The molecule has 0 aromatic heterocycles. The lowest BCUT2D eigenvalue weighted by Crippen LogP contribution is -2.62. The number of hydrogen-bond acceptors (Lipinski definition) is 8. The largest absolute Gasteiger partial charge is 0.393 e. The predicted molar refractivity (Wildman–Crippen MR) is 170 cm³/mol. The first kappa shape index (κ1) is 33.6. The average Bonchev–Trinajstić information content (AvgIpc) is 3.36. The number of nitrogens with one attached hydrogen (secondary N) is 1. The van der Waals surface area contributed by atoms with Gasteiger partial charge in [-0.3, -0.25) is 9.63 Å². The lowest BCUT2D eigenvalue weighted by atomic mass is 9.45. The predicted octanol–water partition coefficient (Wildman–Crippen LogP) is 2.85. The van der Waals surface area contributed by atoms with Gasteiger partial charge < -0.3 is 31.5 Å². The summed E-state index contributed by atoms with van der Waals surface area (Å²) in [5.74, 6) is 3.17. The topological polar surface area (TPSA) is 126 Å². The van der Waals surface area contributed by atoms with E-state index >= 15 is 0 Å². The summed E-state index contributed by atoms with van der Waals surface area (Å²) in [5.41, 5.74) is 12.8. The van der Waals surface area contributed by atoms with Gasteiger partial charge in [0.1, 0.15) is 6.04 Å². The summed E-state index contributed by atoms with van der Waals surface area (Å²) in [4.78, 5) is 23.0. The van der Waals surface area contributed by atoms with Gasteiger partial charge in [0.05, 0.1) is 18.3 Å². The van der Waals surface area contributed by atoms with E-state index in [0.717, 1.165) is 25.8 Å². The molecule has 6 rings (SSSR count). The lowest BCUT2D eigenvalue weighted by molar-refractivity contribution is -0.186. The normalized spacial score (nSPS) is 45.5. The highest BCUT2D eigenvalue weighted by molar-refractivity contribution is 5.82. The molecule has 5 saturated carbocycles. The van der Waals surface area contributed by atoms with Crippen molar-refractivity contribution in [3.8, 4) is 0 Å². The van der Waals surface area contributed by atoms with Crippen molar-refractivity contribution < 1.29 is 19.5 Å². The Kier molecular flexibility index (Phi) is 10.5. The van der Waals surface area contributed by atoms with Crippen LogP contribution in [0.5, 0.6) is 0 Å². The van der Waals surface area contributed by atoms with Crippen molar-refractivity contribution in [2.24, 2.45) is 64.2 Å². The zero-order chi connectivity index (χ0) is 31.2. The number of hydroxylamine groups is 2. The molecule has 0 aromatic rings. The van der Waals surface area contributed by atoms with Crippen LogP contribution in [0.25, 0.3) is 0 Å². The van der Waals surface area contributed by atoms with E-state index in [4.69, 9.17) is 21.0 Å². The second-order valence-corrected chi connectivity index (χ2v) is 16.1. The van der Waals surface area contributed by atoms with Crippen molar-refractivity contribution >= 4 is 5.91 Å². The smallest absolute Gasteiger partial charge is 0.240 e. The number of aliphatic hydroxyl groups is 1. The van der Waals surface area contributed by atoms with Crippen LogP contribution in [0.1, 0.15) is 79.1 Å². The maximum Gasteiger partial charge on any atom is 0.240 e. The summed E-state index contributed by atoms with van der Waals surface area (Å²) in [5, 5.41) is 16.3. The Labute approximate surface area is 261 Å². The van der Waals surface area contributed by atoms with E-state index < -0.39 is 18.2 Å². The van der Waals surface area contributed by atoms with Gasteiger partial charge in [-0.25, -0.2) is 0 Å². The molecule has 0 radical (unpaired) electrons. The Morgan fingerprint density at radius 2 is 1.88 bits per heavy atom. The molecular formula is C34H63N5O4.